The van der Waals surface area contributed by atoms with Crippen molar-refractivity contribution in [3.8, 4) is 0 Å². The summed E-state index contributed by atoms with van der Waals surface area (Å²) >= 11 is 0. The minimum atomic E-state index is 0.269. The monoisotopic (exact) mass is 218 g/mol. The summed E-state index contributed by atoms with van der Waals surface area (Å²) in [6, 6.07) is 8.46. The zero-order chi connectivity index (χ0) is 12.0. The van der Waals surface area contributed by atoms with Gasteiger partial charge >= 0.3 is 0 Å². The van der Waals surface area contributed by atoms with Crippen molar-refractivity contribution in [1.29, 1.82) is 0 Å². The predicted molar refractivity (Wildman–Crippen MR) is 68.6 cm³/mol. The van der Waals surface area contributed by atoms with Crippen molar-refractivity contribution in [1.82, 2.24) is 0 Å². The molecule has 0 saturated heterocycles. The van der Waals surface area contributed by atoms with Crippen molar-refractivity contribution in [3.63, 3.8) is 0 Å². The Kier molecular flexibility index (Phi) is 5.24. The van der Waals surface area contributed by atoms with Gasteiger partial charge in [0.15, 0.2) is 0 Å². The smallest absolute Gasteiger partial charge is 0.136 e. The molecule has 0 fully saturated rings. The highest BCUT2D eigenvalue weighted by Crippen LogP contribution is 2.13. The largest absolute Gasteiger partial charge is 0.299 e. The van der Waals surface area contributed by atoms with Gasteiger partial charge in [-0.1, -0.05) is 43.7 Å². The first-order valence-corrected chi connectivity index (χ1v) is 6.25. The summed E-state index contributed by atoms with van der Waals surface area (Å²) in [5.74, 6) is 0.691. The van der Waals surface area contributed by atoms with Gasteiger partial charge in [-0.2, -0.15) is 0 Å². The third-order valence-electron chi connectivity index (χ3n) is 3.22. The molecule has 0 N–H and O–H groups in total. The lowest BCUT2D eigenvalue weighted by molar-refractivity contribution is -0.123. The zero-order valence-electron chi connectivity index (χ0n) is 10.6. The molecule has 1 aromatic rings. The van der Waals surface area contributed by atoms with E-state index in [1.54, 1.807) is 0 Å². The number of rotatable bonds is 6. The molecule has 1 nitrogen and oxygen atoms in total. The average Bonchev–Trinajstić information content (AvgIpc) is 2.30. The fraction of sp³-hybridized carbons (Fsp3) is 0.533. The third kappa shape index (κ3) is 3.80. The Labute approximate surface area is 98.9 Å². The van der Waals surface area contributed by atoms with Crippen LogP contribution in [0.1, 0.15) is 44.2 Å². The highest BCUT2D eigenvalue weighted by Gasteiger charge is 2.13. The summed E-state index contributed by atoms with van der Waals surface area (Å²) in [5, 5.41) is 0. The summed E-state index contributed by atoms with van der Waals surface area (Å²) < 4.78 is 0. The van der Waals surface area contributed by atoms with E-state index in [1.165, 1.54) is 11.1 Å². The second kappa shape index (κ2) is 6.47. The summed E-state index contributed by atoms with van der Waals surface area (Å²) in [6.45, 7) is 6.27. The van der Waals surface area contributed by atoms with Gasteiger partial charge in [-0.3, -0.25) is 4.79 Å². The molecule has 88 valence electrons. The van der Waals surface area contributed by atoms with Gasteiger partial charge in [0.25, 0.3) is 0 Å². The van der Waals surface area contributed by atoms with Crippen molar-refractivity contribution in [2.75, 3.05) is 0 Å². The van der Waals surface area contributed by atoms with Crippen molar-refractivity contribution >= 4 is 5.78 Å². The molecule has 1 aromatic carbocycles. The molecule has 0 aliphatic rings. The van der Waals surface area contributed by atoms with Crippen LogP contribution in [0.5, 0.6) is 0 Å². The fourth-order valence-electron chi connectivity index (χ4n) is 1.97. The Hall–Kier alpha value is -1.11. The van der Waals surface area contributed by atoms with Gasteiger partial charge in [-0.25, -0.2) is 0 Å². The number of benzene rings is 1. The number of aryl methyl sites for hydroxylation is 2. The van der Waals surface area contributed by atoms with E-state index in [4.69, 9.17) is 0 Å². The maximum Gasteiger partial charge on any atom is 0.136 e. The molecule has 0 radical (unpaired) electrons. The Morgan fingerprint density at radius 1 is 1.12 bits per heavy atom. The van der Waals surface area contributed by atoms with E-state index in [9.17, 15) is 4.79 Å². The molecular formula is C15H22O. The Balaban J connectivity index is 2.45. The van der Waals surface area contributed by atoms with Crippen LogP contribution < -0.4 is 0 Å². The van der Waals surface area contributed by atoms with Crippen molar-refractivity contribution in [2.45, 2.75) is 46.5 Å². The van der Waals surface area contributed by atoms with Crippen LogP contribution in [-0.4, -0.2) is 5.78 Å². The second-order valence-electron chi connectivity index (χ2n) is 4.47. The number of hydrogen-bond acceptors (Lipinski definition) is 1. The van der Waals surface area contributed by atoms with E-state index >= 15 is 0 Å². The summed E-state index contributed by atoms with van der Waals surface area (Å²) in [6.07, 6.45) is 3.53. The van der Waals surface area contributed by atoms with Crippen molar-refractivity contribution in [2.24, 2.45) is 5.92 Å². The number of ketones is 1. The normalized spacial score (nSPS) is 10.8. The number of hydrogen-bond donors (Lipinski definition) is 0. The van der Waals surface area contributed by atoms with Gasteiger partial charge in [-0.15, -0.1) is 0 Å². The van der Waals surface area contributed by atoms with Crippen LogP contribution in [0.2, 0.25) is 0 Å². The molecule has 0 aliphatic heterocycles. The lowest BCUT2D eigenvalue weighted by Gasteiger charge is -2.10. The molecule has 0 aliphatic carbocycles. The maximum atomic E-state index is 11.8. The van der Waals surface area contributed by atoms with Gasteiger partial charge < -0.3 is 0 Å². The van der Waals surface area contributed by atoms with Gasteiger partial charge in [0.05, 0.1) is 0 Å². The van der Waals surface area contributed by atoms with Gasteiger partial charge in [-0.05, 0) is 31.7 Å². The van der Waals surface area contributed by atoms with E-state index in [1.807, 2.05) is 0 Å². The number of carbonyl (C=O) groups excluding carboxylic acids is 1. The molecule has 1 heteroatoms. The van der Waals surface area contributed by atoms with E-state index in [2.05, 4.69) is 45.0 Å². The van der Waals surface area contributed by atoms with Crippen LogP contribution in [-0.2, 0) is 11.2 Å². The quantitative estimate of drug-likeness (QED) is 0.707. The first-order chi connectivity index (χ1) is 7.67. The lowest BCUT2D eigenvalue weighted by atomic mass is 9.93. The van der Waals surface area contributed by atoms with E-state index < -0.39 is 0 Å². The van der Waals surface area contributed by atoms with E-state index in [-0.39, 0.29) is 5.92 Å². The molecule has 0 atom stereocenters. The van der Waals surface area contributed by atoms with E-state index in [0.717, 1.165) is 19.3 Å². The molecule has 0 saturated carbocycles. The molecule has 1 rings (SSSR count). The van der Waals surface area contributed by atoms with Crippen LogP contribution in [0.3, 0.4) is 0 Å². The SMILES string of the molecule is CCC(CC)C(=O)CCc1ccc(C)cc1. The first-order valence-electron chi connectivity index (χ1n) is 6.25. The average molecular weight is 218 g/mol. The highest BCUT2D eigenvalue weighted by atomic mass is 16.1. The van der Waals surface area contributed by atoms with Crippen LogP contribution in [0.15, 0.2) is 24.3 Å². The molecule has 0 amide bonds. The van der Waals surface area contributed by atoms with Gasteiger partial charge in [0.2, 0.25) is 0 Å². The molecule has 0 bridgehead atoms. The number of Topliss-reactive ketones (excluding diaryl/α,β-unsaturated/α-hetero) is 1. The van der Waals surface area contributed by atoms with Crippen LogP contribution in [0.25, 0.3) is 0 Å². The highest BCUT2D eigenvalue weighted by molar-refractivity contribution is 5.81. The van der Waals surface area contributed by atoms with Crippen LogP contribution in [0.4, 0.5) is 0 Å². The molecule has 0 heterocycles. The Bertz CT molecular complexity index is 320. The number of carbonyl (C=O) groups is 1. The fourth-order valence-corrected chi connectivity index (χ4v) is 1.97. The summed E-state index contributed by atoms with van der Waals surface area (Å²) in [7, 11) is 0. The zero-order valence-corrected chi connectivity index (χ0v) is 10.6. The standard InChI is InChI=1S/C15H22O/c1-4-14(5-2)15(16)11-10-13-8-6-12(3)7-9-13/h6-9,14H,4-5,10-11H2,1-3H3. The summed E-state index contributed by atoms with van der Waals surface area (Å²) in [4.78, 5) is 11.8. The van der Waals surface area contributed by atoms with Crippen LogP contribution in [0, 0.1) is 12.8 Å². The first kappa shape index (κ1) is 13.0. The second-order valence-corrected chi connectivity index (χ2v) is 4.47. The van der Waals surface area contributed by atoms with Crippen molar-refractivity contribution < 1.29 is 4.79 Å². The topological polar surface area (TPSA) is 17.1 Å². The Morgan fingerprint density at radius 2 is 1.69 bits per heavy atom. The minimum absolute atomic E-state index is 0.269. The van der Waals surface area contributed by atoms with Gasteiger partial charge in [0, 0.05) is 12.3 Å². The Morgan fingerprint density at radius 3 is 2.19 bits per heavy atom. The third-order valence-corrected chi connectivity index (χ3v) is 3.22. The van der Waals surface area contributed by atoms with Gasteiger partial charge in [0.1, 0.15) is 5.78 Å². The molecule has 0 aromatic heterocycles. The molecular weight excluding hydrogens is 196 g/mol. The molecule has 16 heavy (non-hydrogen) atoms. The lowest BCUT2D eigenvalue weighted by Crippen LogP contribution is -2.13. The maximum absolute atomic E-state index is 11.8. The summed E-state index contributed by atoms with van der Waals surface area (Å²) in [5.41, 5.74) is 2.54. The molecule has 0 unspecified atom stereocenters. The predicted octanol–water partition coefficient (Wildman–Crippen LogP) is 3.93. The van der Waals surface area contributed by atoms with Crippen LogP contribution >= 0.6 is 0 Å². The molecule has 0 spiro atoms. The minimum Gasteiger partial charge on any atom is -0.299 e. The van der Waals surface area contributed by atoms with Crippen molar-refractivity contribution in [3.05, 3.63) is 35.4 Å². The van der Waals surface area contributed by atoms with E-state index in [0.29, 0.717) is 12.2 Å².